The summed E-state index contributed by atoms with van der Waals surface area (Å²) in [6.07, 6.45) is 0. The van der Waals surface area contributed by atoms with Gasteiger partial charge in [-0.1, -0.05) is 0 Å². The van der Waals surface area contributed by atoms with Crippen molar-refractivity contribution in [1.82, 2.24) is 0 Å². The van der Waals surface area contributed by atoms with Crippen molar-refractivity contribution in [1.29, 1.82) is 0 Å². The van der Waals surface area contributed by atoms with Crippen molar-refractivity contribution in [2.75, 3.05) is 0 Å². The number of hydrogen-bond donors (Lipinski definition) is 0. The topological polar surface area (TPSA) is 28.5 Å². The molecule has 0 aliphatic heterocycles. The van der Waals surface area contributed by atoms with E-state index in [2.05, 4.69) is 0 Å². The van der Waals surface area contributed by atoms with Crippen molar-refractivity contribution >= 4 is 0 Å². The summed E-state index contributed by atoms with van der Waals surface area (Å²) < 4.78 is 0. The van der Waals surface area contributed by atoms with Crippen LogP contribution in [0.5, 0.6) is 0 Å². The van der Waals surface area contributed by atoms with E-state index < -0.39 is 0 Å². The van der Waals surface area contributed by atoms with Crippen LogP contribution in [-0.4, -0.2) is 0 Å². The van der Waals surface area contributed by atoms with Crippen LogP contribution in [0.1, 0.15) is 0 Å². The van der Waals surface area contributed by atoms with E-state index in [1.807, 2.05) is 0 Å². The molecule has 5 heavy (non-hydrogen) atoms. The van der Waals surface area contributed by atoms with E-state index in [-0.39, 0.29) is 86.9 Å². The van der Waals surface area contributed by atoms with Crippen molar-refractivity contribution < 1.29 is 86.9 Å². The van der Waals surface area contributed by atoms with Crippen LogP contribution in [0.25, 0.3) is 0 Å². The van der Waals surface area contributed by atoms with Gasteiger partial charge >= 0.3 is 81.4 Å². The SMILES string of the molecule is [Co+2].[Cr+3].[O-2].[Pt+2].[Zr+4]. The van der Waals surface area contributed by atoms with E-state index in [4.69, 9.17) is 0 Å². The maximum absolute atomic E-state index is 0. The minimum atomic E-state index is 0. The van der Waals surface area contributed by atoms with Crippen LogP contribution in [-0.2, 0) is 86.9 Å². The van der Waals surface area contributed by atoms with Gasteiger partial charge in [0.25, 0.3) is 0 Å². The molecule has 0 heterocycles. The zero-order chi connectivity index (χ0) is 0. The monoisotopic (exact) mass is 412 g/mol. The molecule has 1 nitrogen and oxygen atoms in total. The first-order chi connectivity index (χ1) is 0. The van der Waals surface area contributed by atoms with Gasteiger partial charge in [-0.25, -0.2) is 0 Å². The molecule has 0 aromatic rings. The largest absolute Gasteiger partial charge is 4.00 e. The van der Waals surface area contributed by atoms with E-state index in [0.717, 1.165) is 0 Å². The molecule has 0 aromatic heterocycles. The Balaban J connectivity index is 0. The maximum atomic E-state index is 0. The Morgan fingerprint density at radius 1 is 1.00 bits per heavy atom. The van der Waals surface area contributed by atoms with Gasteiger partial charge in [-0.3, -0.25) is 0 Å². The third kappa shape index (κ3) is 20.8. The molecule has 0 aromatic carbocycles. The van der Waals surface area contributed by atoms with Crippen molar-refractivity contribution in [3.63, 3.8) is 0 Å². The molecule has 0 N–H and O–H groups in total. The Morgan fingerprint density at radius 3 is 1.00 bits per heavy atom. The first-order valence-electron chi connectivity index (χ1n) is 0. The summed E-state index contributed by atoms with van der Waals surface area (Å²) in [5.41, 5.74) is 0. The fraction of sp³-hybridized carbons (Fsp3) is 0. The molecule has 0 spiro atoms. The van der Waals surface area contributed by atoms with Crippen molar-refractivity contribution in [3.05, 3.63) is 0 Å². The molecule has 0 bridgehead atoms. The second-order valence-electron chi connectivity index (χ2n) is 0. The Hall–Kier alpha value is 2.57. The second-order valence-corrected chi connectivity index (χ2v) is 0. The predicted octanol–water partition coefficient (Wildman–Crippen LogP) is -0.129. The van der Waals surface area contributed by atoms with Gasteiger partial charge < -0.3 is 5.48 Å². The second kappa shape index (κ2) is 30.9. The molecule has 0 saturated heterocycles. The van der Waals surface area contributed by atoms with Gasteiger partial charge in [-0.15, -0.1) is 0 Å². The summed E-state index contributed by atoms with van der Waals surface area (Å²) in [4.78, 5) is 0. The molecule has 0 aliphatic rings. The molecule has 0 aliphatic carbocycles. The molecular formula is CoCrOPtZr+9. The fourth-order valence-corrected chi connectivity index (χ4v) is 0. The van der Waals surface area contributed by atoms with Gasteiger partial charge in [0, 0.05) is 0 Å². The first-order valence-corrected chi connectivity index (χ1v) is 0. The number of hydrogen-bond acceptors (Lipinski definition) is 0. The standard InChI is InChI=1S/Co.Cr.O.Pt.Zr/q+2;+3;-2;+2;+4. The number of rotatable bonds is 0. The third-order valence-corrected chi connectivity index (χ3v) is 0. The van der Waals surface area contributed by atoms with E-state index in [1.54, 1.807) is 0 Å². The van der Waals surface area contributed by atoms with Gasteiger partial charge in [0.2, 0.25) is 0 Å². The van der Waals surface area contributed by atoms with Crippen LogP contribution in [0.15, 0.2) is 0 Å². The predicted molar refractivity (Wildman–Crippen MR) is 0.686 cm³/mol. The van der Waals surface area contributed by atoms with E-state index in [1.165, 1.54) is 0 Å². The summed E-state index contributed by atoms with van der Waals surface area (Å²) >= 11 is 0. The van der Waals surface area contributed by atoms with Crippen molar-refractivity contribution in [2.45, 2.75) is 0 Å². The van der Waals surface area contributed by atoms with Crippen LogP contribution >= 0.6 is 0 Å². The first kappa shape index (κ1) is 49.5. The molecule has 0 saturated carbocycles. The molecule has 0 unspecified atom stereocenters. The molecule has 0 fully saturated rings. The summed E-state index contributed by atoms with van der Waals surface area (Å²) in [7, 11) is 0. The minimum absolute atomic E-state index is 0. The Morgan fingerprint density at radius 2 is 1.00 bits per heavy atom. The van der Waals surface area contributed by atoms with Gasteiger partial charge in [0.1, 0.15) is 0 Å². The average molecular weight is 413 g/mol. The van der Waals surface area contributed by atoms with Gasteiger partial charge in [-0.2, -0.15) is 0 Å². The van der Waals surface area contributed by atoms with E-state index >= 15 is 0 Å². The van der Waals surface area contributed by atoms with Gasteiger partial charge in [0.15, 0.2) is 0 Å². The molecule has 2 radical (unpaired) electrons. The summed E-state index contributed by atoms with van der Waals surface area (Å²) in [6.45, 7) is 0. The van der Waals surface area contributed by atoms with Crippen molar-refractivity contribution in [3.8, 4) is 0 Å². The molecule has 26 valence electrons. The molecule has 0 rings (SSSR count). The molecule has 0 amide bonds. The summed E-state index contributed by atoms with van der Waals surface area (Å²) in [5.74, 6) is 0. The van der Waals surface area contributed by atoms with Gasteiger partial charge in [-0.05, 0) is 0 Å². The van der Waals surface area contributed by atoms with E-state index in [0.29, 0.717) is 0 Å². The van der Waals surface area contributed by atoms with Crippen LogP contribution in [0.4, 0.5) is 0 Å². The van der Waals surface area contributed by atoms with Crippen LogP contribution < -0.4 is 0 Å². The van der Waals surface area contributed by atoms with Crippen LogP contribution in [0.2, 0.25) is 0 Å². The maximum Gasteiger partial charge on any atom is 4.00 e. The fourth-order valence-electron chi connectivity index (χ4n) is 0. The molecule has 5 heteroatoms. The molecular weight excluding hydrogens is 413 g/mol. The quantitative estimate of drug-likeness (QED) is 0.530. The van der Waals surface area contributed by atoms with Crippen molar-refractivity contribution in [2.24, 2.45) is 0 Å². The normalized spacial score (nSPS) is 0. The Kier molecular flexibility index (Phi) is 305. The summed E-state index contributed by atoms with van der Waals surface area (Å²) in [6, 6.07) is 0. The molecule has 0 atom stereocenters. The summed E-state index contributed by atoms with van der Waals surface area (Å²) in [5, 5.41) is 0. The third-order valence-electron chi connectivity index (χ3n) is 0. The Labute approximate surface area is 85.7 Å². The zero-order valence-electron chi connectivity index (χ0n) is 1.97. The van der Waals surface area contributed by atoms with Gasteiger partial charge in [0.05, 0.1) is 0 Å². The smallest absolute Gasteiger partial charge is 2.00 e. The van der Waals surface area contributed by atoms with Crippen LogP contribution in [0.3, 0.4) is 0 Å². The van der Waals surface area contributed by atoms with E-state index in [9.17, 15) is 0 Å². The Bertz CT molecular complexity index is 11.6. The average Bonchev–Trinajstić information content (AvgIpc) is 0. The minimum Gasteiger partial charge on any atom is -2.00 e. The zero-order valence-corrected chi connectivity index (χ0v) is 9.01. The van der Waals surface area contributed by atoms with Crippen LogP contribution in [0, 0.1) is 0 Å².